The molecule has 2 N–H and O–H groups in total. The molecule has 5 nitrogen and oxygen atoms in total. The Kier molecular flexibility index (Phi) is 5.19. The maximum atomic E-state index is 12.1. The van der Waals surface area contributed by atoms with Gasteiger partial charge in [-0.05, 0) is 45.2 Å². The Labute approximate surface area is 116 Å². The van der Waals surface area contributed by atoms with Gasteiger partial charge in [-0.1, -0.05) is 0 Å². The molecular formula is C14H27N3O2. The van der Waals surface area contributed by atoms with Gasteiger partial charge in [-0.15, -0.1) is 0 Å². The normalized spacial score (nSPS) is 32.3. The predicted molar refractivity (Wildman–Crippen MR) is 75.0 cm³/mol. The number of nitrogens with one attached hydrogen (secondary N) is 2. The molecule has 0 radical (unpaired) electrons. The molecule has 4 atom stereocenters. The highest BCUT2D eigenvalue weighted by atomic mass is 16.5. The first-order valence-electron chi connectivity index (χ1n) is 7.38. The van der Waals surface area contributed by atoms with E-state index in [1.807, 2.05) is 6.92 Å². The van der Waals surface area contributed by atoms with Gasteiger partial charge in [0.05, 0.1) is 6.04 Å². The summed E-state index contributed by atoms with van der Waals surface area (Å²) < 4.78 is 4.98. The largest absolute Gasteiger partial charge is 0.385 e. The number of carbonyl (C=O) groups excluding carboxylic acids is 1. The highest BCUT2D eigenvalue weighted by Gasteiger charge is 2.44. The molecular weight excluding hydrogens is 242 g/mol. The minimum Gasteiger partial charge on any atom is -0.385 e. The van der Waals surface area contributed by atoms with E-state index >= 15 is 0 Å². The van der Waals surface area contributed by atoms with Crippen molar-refractivity contribution in [2.24, 2.45) is 11.8 Å². The number of hydrogen-bond acceptors (Lipinski definition) is 4. The molecule has 5 heteroatoms. The molecule has 4 unspecified atom stereocenters. The molecule has 2 aliphatic heterocycles. The molecule has 0 aromatic heterocycles. The van der Waals surface area contributed by atoms with Crippen molar-refractivity contribution in [3.63, 3.8) is 0 Å². The Morgan fingerprint density at radius 3 is 3.00 bits per heavy atom. The highest BCUT2D eigenvalue weighted by molar-refractivity contribution is 5.81. The van der Waals surface area contributed by atoms with E-state index < -0.39 is 0 Å². The van der Waals surface area contributed by atoms with Crippen LogP contribution in [-0.4, -0.2) is 62.8 Å². The second-order valence-corrected chi connectivity index (χ2v) is 5.83. The number of fused-ring (bicyclic) bond motifs is 1. The van der Waals surface area contributed by atoms with Crippen molar-refractivity contribution in [2.45, 2.75) is 32.4 Å². The standard InChI is InChI=1S/C14H27N3O2/c1-10-13-8-15-7-12(13)9-17(10)11(2)14(18)16-5-4-6-19-3/h10-13,15H,4-9H2,1-3H3,(H,16,18). The predicted octanol–water partition coefficient (Wildman–Crippen LogP) is 0.0673. The summed E-state index contributed by atoms with van der Waals surface area (Å²) in [5, 5.41) is 6.45. The van der Waals surface area contributed by atoms with Crippen LogP contribution in [0.5, 0.6) is 0 Å². The van der Waals surface area contributed by atoms with E-state index in [0.29, 0.717) is 25.1 Å². The van der Waals surface area contributed by atoms with Crippen molar-refractivity contribution in [1.29, 1.82) is 0 Å². The Bertz CT molecular complexity index is 311. The molecule has 0 saturated carbocycles. The fourth-order valence-corrected chi connectivity index (χ4v) is 3.44. The molecule has 0 bridgehead atoms. The Morgan fingerprint density at radius 1 is 1.53 bits per heavy atom. The molecule has 0 aromatic rings. The summed E-state index contributed by atoms with van der Waals surface area (Å²) in [6.07, 6.45) is 0.875. The smallest absolute Gasteiger partial charge is 0.237 e. The topological polar surface area (TPSA) is 53.6 Å². The van der Waals surface area contributed by atoms with Crippen molar-refractivity contribution >= 4 is 5.91 Å². The third kappa shape index (κ3) is 3.27. The van der Waals surface area contributed by atoms with Gasteiger partial charge >= 0.3 is 0 Å². The van der Waals surface area contributed by atoms with Crippen molar-refractivity contribution in [2.75, 3.05) is 39.9 Å². The first-order valence-corrected chi connectivity index (χ1v) is 7.38. The summed E-state index contributed by atoms with van der Waals surface area (Å²) in [6.45, 7) is 8.94. The molecule has 19 heavy (non-hydrogen) atoms. The van der Waals surface area contributed by atoms with Gasteiger partial charge in [-0.3, -0.25) is 9.69 Å². The number of likely N-dealkylation sites (tertiary alicyclic amines) is 1. The molecule has 0 aliphatic carbocycles. The molecule has 2 rings (SSSR count). The average Bonchev–Trinajstić information content (AvgIpc) is 2.97. The van der Waals surface area contributed by atoms with E-state index in [2.05, 4.69) is 22.5 Å². The lowest BCUT2D eigenvalue weighted by Gasteiger charge is -2.29. The number of rotatable bonds is 6. The molecule has 2 aliphatic rings. The van der Waals surface area contributed by atoms with Crippen molar-refractivity contribution < 1.29 is 9.53 Å². The first-order chi connectivity index (χ1) is 9.15. The van der Waals surface area contributed by atoms with Gasteiger partial charge in [0, 0.05) is 32.8 Å². The van der Waals surface area contributed by atoms with Crippen LogP contribution in [0.1, 0.15) is 20.3 Å². The summed E-state index contributed by atoms with van der Waals surface area (Å²) in [5.74, 6) is 1.58. The fraction of sp³-hybridized carbons (Fsp3) is 0.929. The van der Waals surface area contributed by atoms with Crippen LogP contribution in [0.3, 0.4) is 0 Å². The summed E-state index contributed by atoms with van der Waals surface area (Å²) >= 11 is 0. The van der Waals surface area contributed by atoms with Crippen molar-refractivity contribution in [1.82, 2.24) is 15.5 Å². The van der Waals surface area contributed by atoms with E-state index in [1.165, 1.54) is 0 Å². The first kappa shape index (κ1) is 14.8. The van der Waals surface area contributed by atoms with Crippen LogP contribution in [0.4, 0.5) is 0 Å². The number of nitrogens with zero attached hydrogens (tertiary/aromatic N) is 1. The minimum absolute atomic E-state index is 0.0249. The Morgan fingerprint density at radius 2 is 2.32 bits per heavy atom. The van der Waals surface area contributed by atoms with Gasteiger partial charge in [0.2, 0.25) is 5.91 Å². The molecule has 110 valence electrons. The van der Waals surface area contributed by atoms with Crippen LogP contribution in [0, 0.1) is 11.8 Å². The van der Waals surface area contributed by atoms with Crippen molar-refractivity contribution in [3.05, 3.63) is 0 Å². The molecule has 0 aromatic carbocycles. The molecule has 2 fully saturated rings. The summed E-state index contributed by atoms with van der Waals surface area (Å²) in [4.78, 5) is 14.5. The molecule has 0 spiro atoms. The van der Waals surface area contributed by atoms with Crippen LogP contribution < -0.4 is 10.6 Å². The van der Waals surface area contributed by atoms with Gasteiger partial charge in [-0.2, -0.15) is 0 Å². The third-order valence-corrected chi connectivity index (χ3v) is 4.68. The van der Waals surface area contributed by atoms with Crippen LogP contribution in [0.15, 0.2) is 0 Å². The molecule has 2 saturated heterocycles. The third-order valence-electron chi connectivity index (χ3n) is 4.68. The quantitative estimate of drug-likeness (QED) is 0.670. The number of hydrogen-bond donors (Lipinski definition) is 2. The average molecular weight is 269 g/mol. The van der Waals surface area contributed by atoms with E-state index in [1.54, 1.807) is 7.11 Å². The number of methoxy groups -OCH3 is 1. The zero-order chi connectivity index (χ0) is 13.8. The summed E-state index contributed by atoms with van der Waals surface area (Å²) in [6, 6.07) is 0.475. The monoisotopic (exact) mass is 269 g/mol. The second kappa shape index (κ2) is 6.68. The maximum absolute atomic E-state index is 12.1. The van der Waals surface area contributed by atoms with Crippen LogP contribution in [0.2, 0.25) is 0 Å². The lowest BCUT2D eigenvalue weighted by atomic mass is 9.95. The summed E-state index contributed by atoms with van der Waals surface area (Å²) in [7, 11) is 1.68. The highest BCUT2D eigenvalue weighted by Crippen LogP contribution is 2.33. The lowest BCUT2D eigenvalue weighted by molar-refractivity contribution is -0.126. The van der Waals surface area contributed by atoms with Gasteiger partial charge < -0.3 is 15.4 Å². The number of ether oxygens (including phenoxy) is 1. The second-order valence-electron chi connectivity index (χ2n) is 5.83. The Hall–Kier alpha value is -0.650. The van der Waals surface area contributed by atoms with E-state index in [9.17, 15) is 4.79 Å². The lowest BCUT2D eigenvalue weighted by Crippen LogP contribution is -2.48. The van der Waals surface area contributed by atoms with Gasteiger partial charge in [0.1, 0.15) is 0 Å². The summed E-state index contributed by atoms with van der Waals surface area (Å²) in [5.41, 5.74) is 0. The van der Waals surface area contributed by atoms with Crippen LogP contribution >= 0.6 is 0 Å². The zero-order valence-corrected chi connectivity index (χ0v) is 12.3. The van der Waals surface area contributed by atoms with E-state index in [0.717, 1.165) is 32.0 Å². The van der Waals surface area contributed by atoms with Crippen LogP contribution in [0.25, 0.3) is 0 Å². The van der Waals surface area contributed by atoms with Crippen LogP contribution in [-0.2, 0) is 9.53 Å². The Balaban J connectivity index is 1.79. The van der Waals surface area contributed by atoms with Gasteiger partial charge in [0.15, 0.2) is 0 Å². The van der Waals surface area contributed by atoms with Gasteiger partial charge in [0.25, 0.3) is 0 Å². The maximum Gasteiger partial charge on any atom is 0.237 e. The fourth-order valence-electron chi connectivity index (χ4n) is 3.44. The number of carbonyl (C=O) groups is 1. The molecule has 2 heterocycles. The van der Waals surface area contributed by atoms with E-state index in [4.69, 9.17) is 4.74 Å². The van der Waals surface area contributed by atoms with E-state index in [-0.39, 0.29) is 11.9 Å². The molecule has 1 amide bonds. The number of amides is 1. The van der Waals surface area contributed by atoms with Crippen molar-refractivity contribution in [3.8, 4) is 0 Å². The van der Waals surface area contributed by atoms with Gasteiger partial charge in [-0.25, -0.2) is 0 Å². The minimum atomic E-state index is -0.0249. The zero-order valence-electron chi connectivity index (χ0n) is 12.3. The SMILES string of the molecule is COCCCNC(=O)C(C)N1CC2CNCC2C1C.